The summed E-state index contributed by atoms with van der Waals surface area (Å²) in [5, 5.41) is 9.65. The second-order valence-electron chi connectivity index (χ2n) is 9.80. The lowest BCUT2D eigenvalue weighted by Gasteiger charge is -2.15. The number of aromatic amines is 2. The molecule has 0 saturated carbocycles. The Morgan fingerprint density at radius 3 is 2.71 bits per heavy atom. The minimum atomic E-state index is -2.61. The van der Waals surface area contributed by atoms with E-state index in [9.17, 15) is 8.78 Å². The fraction of sp³-hybridized carbons (Fsp3) is 0.214. The van der Waals surface area contributed by atoms with Crippen molar-refractivity contribution in [1.82, 2.24) is 35.0 Å². The molecule has 0 aromatic carbocycles. The topological polar surface area (TPSA) is 86.4 Å². The number of likely N-dealkylation sites (tertiary alicyclic amines) is 1. The van der Waals surface area contributed by atoms with Gasteiger partial charge >= 0.3 is 0 Å². The zero-order valence-electron chi connectivity index (χ0n) is 20.5. The maximum Gasteiger partial charge on any atom is 0.261 e. The van der Waals surface area contributed by atoms with Crippen molar-refractivity contribution in [3.63, 3.8) is 0 Å². The van der Waals surface area contributed by atoms with Crippen LogP contribution in [0.15, 0.2) is 61.2 Å². The highest BCUT2D eigenvalue weighted by atomic mass is 32.1. The van der Waals surface area contributed by atoms with Gasteiger partial charge in [-0.3, -0.25) is 25.0 Å². The van der Waals surface area contributed by atoms with E-state index in [1.807, 2.05) is 24.4 Å². The van der Waals surface area contributed by atoms with Crippen LogP contribution in [0.2, 0.25) is 0 Å². The lowest BCUT2D eigenvalue weighted by molar-refractivity contribution is 0.0115. The maximum absolute atomic E-state index is 13.6. The Kier molecular flexibility index (Phi) is 5.34. The van der Waals surface area contributed by atoms with Crippen molar-refractivity contribution < 1.29 is 8.78 Å². The van der Waals surface area contributed by atoms with Crippen LogP contribution >= 0.6 is 11.3 Å². The minimum Gasteiger partial charge on any atom is -0.353 e. The summed E-state index contributed by atoms with van der Waals surface area (Å²) in [6.07, 6.45) is 6.96. The molecule has 0 amide bonds. The fourth-order valence-corrected chi connectivity index (χ4v) is 6.01. The van der Waals surface area contributed by atoms with Crippen LogP contribution in [0.3, 0.4) is 0 Å². The fourth-order valence-electron chi connectivity index (χ4n) is 5.13. The third-order valence-electron chi connectivity index (χ3n) is 6.97. The molecule has 38 heavy (non-hydrogen) atoms. The van der Waals surface area contributed by atoms with E-state index in [1.54, 1.807) is 34.8 Å². The van der Waals surface area contributed by atoms with Crippen LogP contribution < -0.4 is 0 Å². The van der Waals surface area contributed by atoms with E-state index in [4.69, 9.17) is 0 Å². The second kappa shape index (κ2) is 8.78. The van der Waals surface area contributed by atoms with E-state index in [0.29, 0.717) is 13.1 Å². The quantitative estimate of drug-likeness (QED) is 0.269. The van der Waals surface area contributed by atoms with Crippen molar-refractivity contribution in [2.24, 2.45) is 0 Å². The first-order chi connectivity index (χ1) is 18.4. The summed E-state index contributed by atoms with van der Waals surface area (Å²) >= 11 is 1.72. The number of pyridine rings is 3. The molecule has 10 heteroatoms. The first-order valence-electron chi connectivity index (χ1n) is 12.4. The number of fused-ring (bicyclic) bond motifs is 2. The van der Waals surface area contributed by atoms with Crippen LogP contribution in [0, 0.1) is 6.92 Å². The van der Waals surface area contributed by atoms with Gasteiger partial charge in [0, 0.05) is 64.8 Å². The SMILES string of the molecule is Cc1ccc(-c2nccc3[nH]c(-c4n[nH]c5cnc(-c6cncc(CN7CCC(F)(F)C7)c6)cc45)cc23)s1. The van der Waals surface area contributed by atoms with Gasteiger partial charge in [0.05, 0.1) is 40.2 Å². The number of H-pyrrole nitrogens is 2. The van der Waals surface area contributed by atoms with Crippen LogP contribution in [0.5, 0.6) is 0 Å². The summed E-state index contributed by atoms with van der Waals surface area (Å²) in [6, 6.07) is 12.2. The second-order valence-corrected chi connectivity index (χ2v) is 11.1. The normalized spacial score (nSPS) is 15.7. The molecule has 0 unspecified atom stereocenters. The molecular weight excluding hydrogens is 504 g/mol. The van der Waals surface area contributed by atoms with Crippen LogP contribution in [0.1, 0.15) is 16.9 Å². The van der Waals surface area contributed by atoms with Gasteiger partial charge in [-0.05, 0) is 48.9 Å². The Hall–Kier alpha value is -4.02. The number of hydrogen-bond donors (Lipinski definition) is 2. The van der Waals surface area contributed by atoms with Gasteiger partial charge in [0.1, 0.15) is 5.69 Å². The predicted molar refractivity (Wildman–Crippen MR) is 145 cm³/mol. The largest absolute Gasteiger partial charge is 0.353 e. The number of aryl methyl sites for hydroxylation is 1. The monoisotopic (exact) mass is 527 g/mol. The first kappa shape index (κ1) is 23.1. The summed E-state index contributed by atoms with van der Waals surface area (Å²) in [5.74, 6) is -2.61. The number of rotatable bonds is 5. The number of nitrogens with zero attached hydrogens (tertiary/aromatic N) is 5. The average molecular weight is 528 g/mol. The summed E-state index contributed by atoms with van der Waals surface area (Å²) in [6.45, 7) is 2.69. The summed E-state index contributed by atoms with van der Waals surface area (Å²) in [4.78, 5) is 21.3. The van der Waals surface area contributed by atoms with Crippen molar-refractivity contribution >= 4 is 33.1 Å². The van der Waals surface area contributed by atoms with Crippen LogP contribution in [0.25, 0.3) is 55.0 Å². The zero-order valence-corrected chi connectivity index (χ0v) is 21.3. The zero-order chi connectivity index (χ0) is 25.9. The lowest BCUT2D eigenvalue weighted by atomic mass is 10.1. The lowest BCUT2D eigenvalue weighted by Crippen LogP contribution is -2.24. The molecule has 0 atom stereocenters. The van der Waals surface area contributed by atoms with Gasteiger partial charge in [0.15, 0.2) is 0 Å². The molecule has 6 aromatic heterocycles. The minimum absolute atomic E-state index is 0.0973. The molecule has 0 spiro atoms. The number of alkyl halides is 2. The summed E-state index contributed by atoms with van der Waals surface area (Å²) in [7, 11) is 0. The number of thiophene rings is 1. The van der Waals surface area contributed by atoms with Crippen LogP contribution in [-0.2, 0) is 6.54 Å². The Morgan fingerprint density at radius 1 is 1.00 bits per heavy atom. The number of halogens is 2. The van der Waals surface area contributed by atoms with Crippen LogP contribution in [-0.4, -0.2) is 54.0 Å². The number of aromatic nitrogens is 6. The molecule has 190 valence electrons. The van der Waals surface area contributed by atoms with Gasteiger partial charge in [-0.15, -0.1) is 11.3 Å². The molecule has 0 aliphatic carbocycles. The predicted octanol–water partition coefficient (Wildman–Crippen LogP) is 6.44. The average Bonchev–Trinajstić information content (AvgIpc) is 3.69. The van der Waals surface area contributed by atoms with Crippen molar-refractivity contribution in [3.05, 3.63) is 71.6 Å². The molecule has 0 bridgehead atoms. The molecular formula is C28H23F2N7S. The van der Waals surface area contributed by atoms with Gasteiger partial charge in [-0.1, -0.05) is 0 Å². The van der Waals surface area contributed by atoms with Crippen molar-refractivity contribution in [2.75, 3.05) is 13.1 Å². The first-order valence-corrected chi connectivity index (χ1v) is 13.2. The van der Waals surface area contributed by atoms with E-state index in [0.717, 1.165) is 60.6 Å². The summed E-state index contributed by atoms with van der Waals surface area (Å²) < 4.78 is 27.3. The highest BCUT2D eigenvalue weighted by Gasteiger charge is 2.37. The maximum atomic E-state index is 13.6. The molecule has 2 N–H and O–H groups in total. The molecule has 1 aliphatic heterocycles. The van der Waals surface area contributed by atoms with E-state index in [-0.39, 0.29) is 13.0 Å². The van der Waals surface area contributed by atoms with Gasteiger partial charge in [0.2, 0.25) is 0 Å². The number of nitrogens with one attached hydrogen (secondary N) is 2. The highest BCUT2D eigenvalue weighted by Crippen LogP contribution is 2.36. The van der Waals surface area contributed by atoms with Crippen molar-refractivity contribution in [3.8, 4) is 33.2 Å². The van der Waals surface area contributed by atoms with E-state index < -0.39 is 5.92 Å². The van der Waals surface area contributed by atoms with E-state index in [2.05, 4.69) is 55.3 Å². The third kappa shape index (κ3) is 4.15. The molecule has 7 nitrogen and oxygen atoms in total. The van der Waals surface area contributed by atoms with Gasteiger partial charge in [-0.2, -0.15) is 5.10 Å². The summed E-state index contributed by atoms with van der Waals surface area (Å²) in [5.41, 5.74) is 6.89. The Morgan fingerprint density at radius 2 is 1.89 bits per heavy atom. The van der Waals surface area contributed by atoms with E-state index in [1.165, 1.54) is 4.88 Å². The smallest absolute Gasteiger partial charge is 0.261 e. The van der Waals surface area contributed by atoms with Crippen molar-refractivity contribution in [1.29, 1.82) is 0 Å². The molecule has 1 fully saturated rings. The van der Waals surface area contributed by atoms with Crippen molar-refractivity contribution in [2.45, 2.75) is 25.8 Å². The van der Waals surface area contributed by atoms with E-state index >= 15 is 0 Å². The highest BCUT2D eigenvalue weighted by molar-refractivity contribution is 7.15. The van der Waals surface area contributed by atoms with Gasteiger partial charge in [0.25, 0.3) is 5.92 Å². The molecule has 6 aromatic rings. The van der Waals surface area contributed by atoms with Crippen LogP contribution in [0.4, 0.5) is 8.78 Å². The van der Waals surface area contributed by atoms with Gasteiger partial charge in [-0.25, -0.2) is 8.78 Å². The Labute approximate surface area is 220 Å². The standard InChI is InChI=1S/C28H23F2N7S/c1-16-2-3-25(38-16)27-19-10-23(34-21(19)4-6-32-27)26-20-9-22(33-13-24(20)35-36-26)18-8-17(11-31-12-18)14-37-7-5-28(29,30)15-37/h2-4,6,8-13,34H,5,7,14-15H2,1H3,(H,35,36). The molecule has 7 rings (SSSR count). The Balaban J connectivity index is 1.24. The Bertz CT molecular complexity index is 1800. The molecule has 7 heterocycles. The molecule has 1 saturated heterocycles. The molecule has 1 aliphatic rings. The third-order valence-corrected chi connectivity index (χ3v) is 7.98. The number of hydrogen-bond acceptors (Lipinski definition) is 6. The van der Waals surface area contributed by atoms with Gasteiger partial charge < -0.3 is 4.98 Å². The molecule has 0 radical (unpaired) electrons.